The molecule has 0 radical (unpaired) electrons. The van der Waals surface area contributed by atoms with Crippen molar-refractivity contribution in [1.29, 1.82) is 0 Å². The number of aromatic nitrogens is 1. The number of carbonyl (C=O) groups excluding carboxylic acids is 1. The van der Waals surface area contributed by atoms with E-state index in [0.717, 1.165) is 50.5 Å². The van der Waals surface area contributed by atoms with E-state index in [1.54, 1.807) is 18.7 Å². The summed E-state index contributed by atoms with van der Waals surface area (Å²) >= 11 is 0. The third-order valence-corrected chi connectivity index (χ3v) is 5.57. The predicted octanol–water partition coefficient (Wildman–Crippen LogP) is 2.73. The van der Waals surface area contributed by atoms with Crippen LogP contribution in [0.15, 0.2) is 47.3 Å². The summed E-state index contributed by atoms with van der Waals surface area (Å²) < 4.78 is 5.48. The van der Waals surface area contributed by atoms with E-state index in [2.05, 4.69) is 14.8 Å². The number of piperidine rings is 1. The Labute approximate surface area is 148 Å². The summed E-state index contributed by atoms with van der Waals surface area (Å²) in [5, 5.41) is 0. The smallest absolute Gasteiger partial charge is 0.227 e. The molecule has 4 rings (SSSR count). The van der Waals surface area contributed by atoms with Gasteiger partial charge in [0.05, 0.1) is 19.2 Å². The average Bonchev–Trinajstić information content (AvgIpc) is 3.27. The molecule has 1 amide bonds. The summed E-state index contributed by atoms with van der Waals surface area (Å²) in [6.07, 6.45) is 9.23. The van der Waals surface area contributed by atoms with Crippen molar-refractivity contribution in [3.05, 3.63) is 54.2 Å². The summed E-state index contributed by atoms with van der Waals surface area (Å²) in [4.78, 5) is 21.4. The van der Waals surface area contributed by atoms with Gasteiger partial charge >= 0.3 is 0 Å². The van der Waals surface area contributed by atoms with Crippen molar-refractivity contribution in [2.24, 2.45) is 5.41 Å². The first-order valence-electron chi connectivity index (χ1n) is 9.14. The van der Waals surface area contributed by atoms with Crippen LogP contribution in [-0.2, 0) is 17.8 Å². The Morgan fingerprint density at radius 3 is 2.96 bits per heavy atom. The number of carbonyl (C=O) groups is 1. The second kappa shape index (κ2) is 7.00. The van der Waals surface area contributed by atoms with Crippen molar-refractivity contribution in [1.82, 2.24) is 14.8 Å². The van der Waals surface area contributed by atoms with Gasteiger partial charge in [0.2, 0.25) is 5.91 Å². The van der Waals surface area contributed by atoms with Gasteiger partial charge in [0.25, 0.3) is 0 Å². The van der Waals surface area contributed by atoms with Gasteiger partial charge in [-0.05, 0) is 49.6 Å². The van der Waals surface area contributed by atoms with Crippen LogP contribution in [0.25, 0.3) is 0 Å². The maximum absolute atomic E-state index is 12.7. The Morgan fingerprint density at radius 2 is 2.16 bits per heavy atom. The summed E-state index contributed by atoms with van der Waals surface area (Å²) in [6.45, 7) is 4.80. The highest BCUT2D eigenvalue weighted by atomic mass is 16.3. The third-order valence-electron chi connectivity index (χ3n) is 5.57. The van der Waals surface area contributed by atoms with E-state index in [-0.39, 0.29) is 11.3 Å². The minimum Gasteiger partial charge on any atom is -0.468 e. The lowest BCUT2D eigenvalue weighted by Gasteiger charge is -2.40. The largest absolute Gasteiger partial charge is 0.468 e. The SMILES string of the molecule is O=C(Cc1cccnc1)N1CCC[C@]2(CCN(Cc3ccco3)C2)C1. The van der Waals surface area contributed by atoms with Crippen LogP contribution in [0.2, 0.25) is 0 Å². The normalized spacial score (nSPS) is 24.1. The molecule has 0 aromatic carbocycles. The number of likely N-dealkylation sites (tertiary alicyclic amines) is 2. The molecule has 0 unspecified atom stereocenters. The quantitative estimate of drug-likeness (QED) is 0.859. The Morgan fingerprint density at radius 1 is 1.20 bits per heavy atom. The van der Waals surface area contributed by atoms with Gasteiger partial charge in [-0.2, -0.15) is 0 Å². The van der Waals surface area contributed by atoms with E-state index in [9.17, 15) is 4.79 Å². The number of amides is 1. The first kappa shape index (κ1) is 16.3. The van der Waals surface area contributed by atoms with Crippen LogP contribution >= 0.6 is 0 Å². The summed E-state index contributed by atoms with van der Waals surface area (Å²) in [5.74, 6) is 1.26. The highest BCUT2D eigenvalue weighted by Gasteiger charge is 2.42. The zero-order valence-corrected chi connectivity index (χ0v) is 14.6. The zero-order chi connectivity index (χ0) is 17.1. The first-order chi connectivity index (χ1) is 12.2. The Kier molecular flexibility index (Phi) is 4.57. The summed E-state index contributed by atoms with van der Waals surface area (Å²) in [5.41, 5.74) is 1.26. The van der Waals surface area contributed by atoms with Gasteiger partial charge in [0.1, 0.15) is 5.76 Å². The summed E-state index contributed by atoms with van der Waals surface area (Å²) in [6, 6.07) is 7.85. The van der Waals surface area contributed by atoms with Crippen molar-refractivity contribution < 1.29 is 9.21 Å². The van der Waals surface area contributed by atoms with Crippen LogP contribution in [0, 0.1) is 5.41 Å². The lowest BCUT2D eigenvalue weighted by atomic mass is 9.79. The monoisotopic (exact) mass is 339 g/mol. The zero-order valence-electron chi connectivity index (χ0n) is 14.6. The predicted molar refractivity (Wildman–Crippen MR) is 94.8 cm³/mol. The van der Waals surface area contributed by atoms with Gasteiger partial charge < -0.3 is 9.32 Å². The van der Waals surface area contributed by atoms with Crippen molar-refractivity contribution >= 4 is 5.91 Å². The van der Waals surface area contributed by atoms with Gasteiger partial charge in [0, 0.05) is 37.4 Å². The fourth-order valence-electron chi connectivity index (χ4n) is 4.33. The van der Waals surface area contributed by atoms with Gasteiger partial charge in [-0.3, -0.25) is 14.7 Å². The van der Waals surface area contributed by atoms with E-state index in [1.165, 1.54) is 12.8 Å². The van der Waals surface area contributed by atoms with Gasteiger partial charge in [-0.1, -0.05) is 6.07 Å². The summed E-state index contributed by atoms with van der Waals surface area (Å²) in [7, 11) is 0. The van der Waals surface area contributed by atoms with Crippen molar-refractivity contribution in [2.45, 2.75) is 32.2 Å². The fourth-order valence-corrected chi connectivity index (χ4v) is 4.33. The molecule has 2 fully saturated rings. The standard InChI is InChI=1S/C20H25N3O2/c24-19(12-17-4-1-8-21-13-17)23-9-3-6-20(16-23)7-10-22(15-20)14-18-5-2-11-25-18/h1-2,4-5,8,11,13H,3,6-7,9-10,12,14-16H2/t20-/m1/s1. The maximum Gasteiger partial charge on any atom is 0.227 e. The number of hydrogen-bond donors (Lipinski definition) is 0. The molecule has 25 heavy (non-hydrogen) atoms. The second-order valence-electron chi connectivity index (χ2n) is 7.50. The molecule has 0 aliphatic carbocycles. The minimum atomic E-state index is 0.233. The van der Waals surface area contributed by atoms with Crippen molar-refractivity contribution in [2.75, 3.05) is 26.2 Å². The van der Waals surface area contributed by atoms with E-state index in [4.69, 9.17) is 4.42 Å². The average molecular weight is 339 g/mol. The van der Waals surface area contributed by atoms with Crippen LogP contribution in [0.1, 0.15) is 30.6 Å². The fraction of sp³-hybridized carbons (Fsp3) is 0.500. The Hall–Kier alpha value is -2.14. The number of rotatable bonds is 4. The number of hydrogen-bond acceptors (Lipinski definition) is 4. The molecule has 4 heterocycles. The number of furan rings is 1. The van der Waals surface area contributed by atoms with Crippen LogP contribution in [0.4, 0.5) is 0 Å². The molecule has 2 aliphatic rings. The molecule has 1 atom stereocenters. The van der Waals surface area contributed by atoms with E-state index in [0.29, 0.717) is 6.42 Å². The molecule has 2 aliphatic heterocycles. The van der Waals surface area contributed by atoms with Crippen LogP contribution in [0.5, 0.6) is 0 Å². The molecule has 0 bridgehead atoms. The molecule has 1 spiro atoms. The molecule has 5 nitrogen and oxygen atoms in total. The molecule has 132 valence electrons. The Bertz CT molecular complexity index is 701. The second-order valence-corrected chi connectivity index (χ2v) is 7.50. The van der Waals surface area contributed by atoms with Crippen molar-refractivity contribution in [3.63, 3.8) is 0 Å². The molecule has 5 heteroatoms. The van der Waals surface area contributed by atoms with Crippen LogP contribution in [0.3, 0.4) is 0 Å². The van der Waals surface area contributed by atoms with E-state index >= 15 is 0 Å². The topological polar surface area (TPSA) is 49.6 Å². The van der Waals surface area contributed by atoms with Crippen LogP contribution in [-0.4, -0.2) is 46.9 Å². The molecule has 2 aromatic rings. The number of pyridine rings is 1. The Balaban J connectivity index is 1.36. The highest BCUT2D eigenvalue weighted by Crippen LogP contribution is 2.39. The van der Waals surface area contributed by atoms with Crippen molar-refractivity contribution in [3.8, 4) is 0 Å². The lowest BCUT2D eigenvalue weighted by Crippen LogP contribution is -2.47. The number of nitrogens with zero attached hydrogens (tertiary/aromatic N) is 3. The lowest BCUT2D eigenvalue weighted by molar-refractivity contribution is -0.133. The van der Waals surface area contributed by atoms with Gasteiger partial charge in [-0.25, -0.2) is 0 Å². The van der Waals surface area contributed by atoms with Crippen LogP contribution < -0.4 is 0 Å². The van der Waals surface area contributed by atoms with Gasteiger partial charge in [-0.15, -0.1) is 0 Å². The van der Waals surface area contributed by atoms with E-state index < -0.39 is 0 Å². The highest BCUT2D eigenvalue weighted by molar-refractivity contribution is 5.78. The van der Waals surface area contributed by atoms with E-state index in [1.807, 2.05) is 24.3 Å². The molecule has 2 saturated heterocycles. The molecular weight excluding hydrogens is 314 g/mol. The minimum absolute atomic E-state index is 0.233. The van der Waals surface area contributed by atoms with Gasteiger partial charge in [0.15, 0.2) is 0 Å². The molecule has 0 N–H and O–H groups in total. The molecular formula is C20H25N3O2. The molecule has 2 aromatic heterocycles. The third kappa shape index (κ3) is 3.76. The maximum atomic E-state index is 12.7. The molecule has 0 saturated carbocycles. The first-order valence-corrected chi connectivity index (χ1v) is 9.14.